The van der Waals surface area contributed by atoms with Crippen molar-refractivity contribution in [2.24, 2.45) is 5.92 Å². The monoisotopic (exact) mass is 451 g/mol. The third-order valence-electron chi connectivity index (χ3n) is 6.79. The number of nitrogens with zero attached hydrogens (tertiary/aromatic N) is 7. The number of benzene rings is 1. The summed E-state index contributed by atoms with van der Waals surface area (Å²) >= 11 is 0. The minimum absolute atomic E-state index is 0.266. The average Bonchev–Trinajstić information content (AvgIpc) is 3.26. The molecule has 0 saturated carbocycles. The third-order valence-corrected chi connectivity index (χ3v) is 6.79. The number of aromatic nitrogens is 6. The Labute approximate surface area is 192 Å². The molecule has 2 N–H and O–H groups in total. The molecule has 2 aliphatic heterocycles. The van der Waals surface area contributed by atoms with Crippen LogP contribution in [0.5, 0.6) is 0 Å². The molecule has 2 fully saturated rings. The molecule has 33 heavy (non-hydrogen) atoms. The lowest BCUT2D eigenvalue weighted by molar-refractivity contribution is 0.0649. The van der Waals surface area contributed by atoms with Crippen LogP contribution in [-0.4, -0.2) is 60.8 Å². The minimum Gasteiger partial charge on any atom is -0.369 e. The Morgan fingerprint density at radius 1 is 1.12 bits per heavy atom. The van der Waals surface area contributed by atoms with Crippen LogP contribution in [0, 0.1) is 25.6 Å². The third kappa shape index (κ3) is 4.66. The molecule has 3 aromatic rings. The highest BCUT2D eigenvalue weighted by atomic mass is 19.1. The van der Waals surface area contributed by atoms with E-state index in [0.29, 0.717) is 29.4 Å². The number of halogens is 1. The Bertz CT molecular complexity index is 1110. The van der Waals surface area contributed by atoms with E-state index in [-0.39, 0.29) is 5.69 Å². The molecule has 0 bridgehead atoms. The zero-order valence-electron chi connectivity index (χ0n) is 19.1. The first-order valence-electron chi connectivity index (χ1n) is 11.7. The number of tetrazole rings is 1. The highest BCUT2D eigenvalue weighted by Crippen LogP contribution is 2.31. The summed E-state index contributed by atoms with van der Waals surface area (Å²) in [4.78, 5) is 11.8. The van der Waals surface area contributed by atoms with Crippen LogP contribution in [0.15, 0.2) is 24.4 Å². The fourth-order valence-corrected chi connectivity index (χ4v) is 5.06. The van der Waals surface area contributed by atoms with E-state index < -0.39 is 5.82 Å². The largest absolute Gasteiger partial charge is 0.369 e. The highest BCUT2D eigenvalue weighted by Gasteiger charge is 2.32. The number of hydrogen-bond donors (Lipinski definition) is 2. The molecule has 2 aromatic heterocycles. The quantitative estimate of drug-likeness (QED) is 0.587. The standard InChI is InChI=1S/C23H30FN9/c1-15-13-26-23(27-18-8-9-19(24)21(12-18)33-16(2)29-30-31-33)28-22(15)25-14-17-6-5-11-32-10-4-3-7-20(17)32/h8-9,12-13,17,20H,3-7,10-11,14H2,1-2H3,(H2,25,26,27,28). The Morgan fingerprint density at radius 2 is 2.00 bits per heavy atom. The maximum atomic E-state index is 14.4. The van der Waals surface area contributed by atoms with Gasteiger partial charge in [-0.05, 0) is 87.2 Å². The number of nitrogens with one attached hydrogen (secondary N) is 2. The fraction of sp³-hybridized carbons (Fsp3) is 0.522. The number of fused-ring (bicyclic) bond motifs is 1. The van der Waals surface area contributed by atoms with Gasteiger partial charge in [0.2, 0.25) is 5.95 Å². The summed E-state index contributed by atoms with van der Waals surface area (Å²) in [5.74, 6) is 2.02. The first kappa shape index (κ1) is 21.7. The molecule has 10 heteroatoms. The summed E-state index contributed by atoms with van der Waals surface area (Å²) in [7, 11) is 0. The summed E-state index contributed by atoms with van der Waals surface area (Å²) in [5.41, 5.74) is 1.92. The minimum atomic E-state index is -0.410. The van der Waals surface area contributed by atoms with E-state index in [4.69, 9.17) is 4.98 Å². The van der Waals surface area contributed by atoms with E-state index in [1.54, 1.807) is 25.3 Å². The van der Waals surface area contributed by atoms with E-state index in [1.807, 2.05) is 6.92 Å². The van der Waals surface area contributed by atoms with Gasteiger partial charge < -0.3 is 15.5 Å². The summed E-state index contributed by atoms with van der Waals surface area (Å²) in [6, 6.07) is 5.36. The first-order valence-corrected chi connectivity index (χ1v) is 11.7. The summed E-state index contributed by atoms with van der Waals surface area (Å²) in [6.07, 6.45) is 8.30. The lowest BCUT2D eigenvalue weighted by Crippen LogP contribution is -2.49. The van der Waals surface area contributed by atoms with Gasteiger partial charge in [-0.2, -0.15) is 9.67 Å². The smallest absolute Gasteiger partial charge is 0.229 e. The van der Waals surface area contributed by atoms with Crippen molar-refractivity contribution < 1.29 is 4.39 Å². The highest BCUT2D eigenvalue weighted by molar-refractivity contribution is 5.59. The van der Waals surface area contributed by atoms with Gasteiger partial charge in [-0.1, -0.05) is 6.42 Å². The van der Waals surface area contributed by atoms with Crippen LogP contribution in [0.3, 0.4) is 0 Å². The second kappa shape index (κ2) is 9.38. The lowest BCUT2D eigenvalue weighted by atomic mass is 9.83. The molecule has 2 atom stereocenters. The molecule has 5 rings (SSSR count). The Hall–Kier alpha value is -3.14. The van der Waals surface area contributed by atoms with Crippen molar-refractivity contribution in [2.75, 3.05) is 30.3 Å². The lowest BCUT2D eigenvalue weighted by Gasteiger charge is -2.44. The van der Waals surface area contributed by atoms with Crippen LogP contribution in [-0.2, 0) is 0 Å². The second-order valence-electron chi connectivity index (χ2n) is 9.04. The van der Waals surface area contributed by atoms with Gasteiger partial charge in [0.15, 0.2) is 5.82 Å². The predicted molar refractivity (Wildman–Crippen MR) is 124 cm³/mol. The van der Waals surface area contributed by atoms with E-state index in [1.165, 1.54) is 55.9 Å². The molecule has 1 aromatic carbocycles. The van der Waals surface area contributed by atoms with Crippen molar-refractivity contribution in [3.8, 4) is 5.69 Å². The topological polar surface area (TPSA) is 96.7 Å². The molecule has 0 amide bonds. The summed E-state index contributed by atoms with van der Waals surface area (Å²) < 4.78 is 15.7. The van der Waals surface area contributed by atoms with Crippen molar-refractivity contribution in [1.29, 1.82) is 0 Å². The molecule has 2 unspecified atom stereocenters. The van der Waals surface area contributed by atoms with Crippen LogP contribution in [0.4, 0.5) is 21.8 Å². The molecule has 0 aliphatic carbocycles. The second-order valence-corrected chi connectivity index (χ2v) is 9.04. The van der Waals surface area contributed by atoms with E-state index in [0.717, 1.165) is 17.9 Å². The van der Waals surface area contributed by atoms with Gasteiger partial charge in [0.25, 0.3) is 0 Å². The van der Waals surface area contributed by atoms with Crippen molar-refractivity contribution in [3.05, 3.63) is 41.6 Å². The fourth-order valence-electron chi connectivity index (χ4n) is 5.06. The van der Waals surface area contributed by atoms with Crippen molar-refractivity contribution in [2.45, 2.75) is 52.0 Å². The molecule has 2 aliphatic rings. The van der Waals surface area contributed by atoms with Crippen molar-refractivity contribution in [3.63, 3.8) is 0 Å². The van der Waals surface area contributed by atoms with E-state index in [2.05, 4.69) is 36.0 Å². The van der Waals surface area contributed by atoms with Crippen molar-refractivity contribution >= 4 is 17.5 Å². The maximum absolute atomic E-state index is 14.4. The van der Waals surface area contributed by atoms with Crippen molar-refractivity contribution in [1.82, 2.24) is 35.1 Å². The molecular formula is C23H30FN9. The number of anilines is 3. The zero-order valence-corrected chi connectivity index (χ0v) is 19.1. The van der Waals surface area contributed by atoms with Gasteiger partial charge in [0.05, 0.1) is 0 Å². The van der Waals surface area contributed by atoms with Crippen LogP contribution in [0.2, 0.25) is 0 Å². The van der Waals surface area contributed by atoms with Gasteiger partial charge in [0, 0.05) is 30.0 Å². The van der Waals surface area contributed by atoms with Gasteiger partial charge in [-0.15, -0.1) is 5.10 Å². The molecule has 4 heterocycles. The van der Waals surface area contributed by atoms with Gasteiger partial charge in [0.1, 0.15) is 17.3 Å². The Morgan fingerprint density at radius 3 is 2.85 bits per heavy atom. The zero-order chi connectivity index (χ0) is 22.8. The maximum Gasteiger partial charge on any atom is 0.229 e. The molecule has 2 saturated heterocycles. The first-order chi connectivity index (χ1) is 16.1. The summed E-state index contributed by atoms with van der Waals surface area (Å²) in [5, 5.41) is 18.1. The average molecular weight is 452 g/mol. The predicted octanol–water partition coefficient (Wildman–Crippen LogP) is 3.63. The number of hydrogen-bond acceptors (Lipinski definition) is 8. The molecule has 9 nitrogen and oxygen atoms in total. The molecule has 0 spiro atoms. The van der Waals surface area contributed by atoms with Crippen LogP contribution < -0.4 is 10.6 Å². The molecule has 174 valence electrons. The van der Waals surface area contributed by atoms with Gasteiger partial charge in [-0.3, -0.25) is 0 Å². The van der Waals surface area contributed by atoms with Gasteiger partial charge >= 0.3 is 0 Å². The SMILES string of the molecule is Cc1cnc(Nc2ccc(F)c(-n3nnnc3C)c2)nc1NCC1CCCN2CCCCC12. The van der Waals surface area contributed by atoms with Crippen LogP contribution in [0.1, 0.15) is 43.5 Å². The van der Waals surface area contributed by atoms with Crippen LogP contribution in [0.25, 0.3) is 5.69 Å². The Balaban J connectivity index is 1.30. The van der Waals surface area contributed by atoms with Crippen LogP contribution >= 0.6 is 0 Å². The van der Waals surface area contributed by atoms with E-state index >= 15 is 0 Å². The normalized spacial score (nSPS) is 20.9. The van der Waals surface area contributed by atoms with E-state index in [9.17, 15) is 4.39 Å². The number of rotatable bonds is 6. The van der Waals surface area contributed by atoms with Gasteiger partial charge in [-0.25, -0.2) is 9.37 Å². The number of piperidine rings is 2. The molecular weight excluding hydrogens is 421 g/mol. The molecule has 0 radical (unpaired) electrons. The Kier molecular flexibility index (Phi) is 6.17. The summed E-state index contributed by atoms with van der Waals surface area (Å²) in [6.45, 7) is 7.13. The number of aryl methyl sites for hydroxylation is 2.